The molecule has 2 aromatic heterocycles. The van der Waals surface area contributed by atoms with E-state index >= 15 is 0 Å². The summed E-state index contributed by atoms with van der Waals surface area (Å²) in [6.45, 7) is 0. The van der Waals surface area contributed by atoms with Crippen LogP contribution in [-0.4, -0.2) is 21.8 Å². The molecule has 7 heteroatoms. The summed E-state index contributed by atoms with van der Waals surface area (Å²) in [5.41, 5.74) is 10.6. The minimum atomic E-state index is -0.381. The minimum Gasteiger partial charge on any atom is -0.273 e. The van der Waals surface area contributed by atoms with Gasteiger partial charge in [-0.1, -0.05) is 84.9 Å². The third kappa shape index (κ3) is 5.97. The van der Waals surface area contributed by atoms with Crippen molar-refractivity contribution in [2.75, 3.05) is 0 Å². The SMILES string of the molecule is O=C(CCc1ccc(-c2nc(-c3ccccc3)c(-c3ccccc3)s2)cc1)NNC(=O)c1ccncc1. The summed E-state index contributed by atoms with van der Waals surface area (Å²) in [6.07, 6.45) is 3.86. The van der Waals surface area contributed by atoms with Crippen LogP contribution in [0, 0.1) is 0 Å². The normalized spacial score (nSPS) is 10.6. The summed E-state index contributed by atoms with van der Waals surface area (Å²) in [5, 5.41) is 0.945. The largest absolute Gasteiger partial charge is 0.273 e. The molecule has 0 unspecified atom stereocenters. The highest BCUT2D eigenvalue weighted by Crippen LogP contribution is 2.40. The number of rotatable bonds is 7. The molecule has 0 aliphatic rings. The van der Waals surface area contributed by atoms with Crippen molar-refractivity contribution in [2.24, 2.45) is 0 Å². The van der Waals surface area contributed by atoms with E-state index in [9.17, 15) is 9.59 Å². The zero-order valence-electron chi connectivity index (χ0n) is 19.9. The smallest absolute Gasteiger partial charge is 0.269 e. The van der Waals surface area contributed by atoms with Crippen LogP contribution in [0.5, 0.6) is 0 Å². The van der Waals surface area contributed by atoms with E-state index in [-0.39, 0.29) is 18.2 Å². The van der Waals surface area contributed by atoms with E-state index in [0.717, 1.165) is 37.8 Å². The van der Waals surface area contributed by atoms with Gasteiger partial charge < -0.3 is 0 Å². The number of pyridine rings is 1. The Hall–Kier alpha value is -4.62. The molecule has 6 nitrogen and oxygen atoms in total. The quantitative estimate of drug-likeness (QED) is 0.269. The number of nitrogens with one attached hydrogen (secondary N) is 2. The maximum atomic E-state index is 12.2. The molecule has 0 spiro atoms. The molecule has 0 saturated heterocycles. The van der Waals surface area contributed by atoms with Crippen LogP contribution in [-0.2, 0) is 11.2 Å². The molecule has 2 amide bonds. The Morgan fingerprint density at radius 1 is 0.703 bits per heavy atom. The van der Waals surface area contributed by atoms with E-state index in [1.807, 2.05) is 60.7 Å². The van der Waals surface area contributed by atoms with Crippen LogP contribution in [0.1, 0.15) is 22.3 Å². The van der Waals surface area contributed by atoms with Crippen LogP contribution in [0.3, 0.4) is 0 Å². The van der Waals surface area contributed by atoms with Gasteiger partial charge in [-0.15, -0.1) is 11.3 Å². The fraction of sp³-hybridized carbons (Fsp3) is 0.0667. The second-order valence-electron chi connectivity index (χ2n) is 8.36. The highest BCUT2D eigenvalue weighted by molar-refractivity contribution is 7.19. The van der Waals surface area contributed by atoms with E-state index in [0.29, 0.717) is 12.0 Å². The number of amides is 2. The maximum Gasteiger partial charge on any atom is 0.269 e. The first-order valence-corrected chi connectivity index (χ1v) is 12.7. The average Bonchev–Trinajstić information content (AvgIpc) is 3.42. The van der Waals surface area contributed by atoms with Crippen molar-refractivity contribution in [3.8, 4) is 32.3 Å². The molecule has 0 atom stereocenters. The number of aryl methyl sites for hydroxylation is 1. The van der Waals surface area contributed by atoms with E-state index in [2.05, 4.69) is 40.1 Å². The Morgan fingerprint density at radius 3 is 2.03 bits per heavy atom. The summed E-state index contributed by atoms with van der Waals surface area (Å²) < 4.78 is 0. The molecule has 0 aliphatic carbocycles. The lowest BCUT2D eigenvalue weighted by Gasteiger charge is -2.07. The van der Waals surface area contributed by atoms with Crippen molar-refractivity contribution >= 4 is 23.2 Å². The van der Waals surface area contributed by atoms with E-state index < -0.39 is 0 Å². The van der Waals surface area contributed by atoms with Crippen molar-refractivity contribution in [1.29, 1.82) is 0 Å². The molecule has 0 fully saturated rings. The van der Waals surface area contributed by atoms with Crippen LogP contribution in [0.2, 0.25) is 0 Å². The fourth-order valence-electron chi connectivity index (χ4n) is 3.86. The van der Waals surface area contributed by atoms with Gasteiger partial charge in [-0.2, -0.15) is 0 Å². The van der Waals surface area contributed by atoms with Crippen LogP contribution in [0.25, 0.3) is 32.3 Å². The second-order valence-corrected chi connectivity index (χ2v) is 9.36. The lowest BCUT2D eigenvalue weighted by Crippen LogP contribution is -2.41. The number of hydrazine groups is 1. The summed E-state index contributed by atoms with van der Waals surface area (Å²) in [4.78, 5) is 34.3. The van der Waals surface area contributed by atoms with Gasteiger partial charge in [0.2, 0.25) is 5.91 Å². The zero-order chi connectivity index (χ0) is 25.5. The lowest BCUT2D eigenvalue weighted by molar-refractivity contribution is -0.121. The molecular formula is C30H24N4O2S. The Labute approximate surface area is 219 Å². The lowest BCUT2D eigenvalue weighted by atomic mass is 10.1. The maximum absolute atomic E-state index is 12.2. The number of carbonyl (C=O) groups is 2. The van der Waals surface area contributed by atoms with Crippen molar-refractivity contribution in [3.05, 3.63) is 121 Å². The minimum absolute atomic E-state index is 0.254. The van der Waals surface area contributed by atoms with E-state index in [4.69, 9.17) is 4.98 Å². The molecule has 5 rings (SSSR count). The van der Waals surface area contributed by atoms with Gasteiger partial charge in [-0.3, -0.25) is 25.4 Å². The van der Waals surface area contributed by atoms with Gasteiger partial charge in [0.1, 0.15) is 5.01 Å². The number of nitrogens with zero attached hydrogens (tertiary/aromatic N) is 2. The van der Waals surface area contributed by atoms with Crippen LogP contribution in [0.15, 0.2) is 109 Å². The number of carbonyl (C=O) groups excluding carboxylic acids is 2. The highest BCUT2D eigenvalue weighted by atomic mass is 32.1. The molecular weight excluding hydrogens is 480 g/mol. The predicted octanol–water partition coefficient (Wildman–Crippen LogP) is 5.93. The van der Waals surface area contributed by atoms with Crippen LogP contribution < -0.4 is 10.9 Å². The Bertz CT molecular complexity index is 1430. The fourth-order valence-corrected chi connectivity index (χ4v) is 4.96. The van der Waals surface area contributed by atoms with Gasteiger partial charge in [0.05, 0.1) is 10.6 Å². The Morgan fingerprint density at radius 2 is 1.35 bits per heavy atom. The van der Waals surface area contributed by atoms with Crippen molar-refractivity contribution in [1.82, 2.24) is 20.8 Å². The summed E-state index contributed by atoms with van der Waals surface area (Å²) in [7, 11) is 0. The van der Waals surface area contributed by atoms with Crippen molar-refractivity contribution < 1.29 is 9.59 Å². The predicted molar refractivity (Wildman–Crippen MR) is 147 cm³/mol. The zero-order valence-corrected chi connectivity index (χ0v) is 20.7. The third-order valence-electron chi connectivity index (χ3n) is 5.81. The first-order chi connectivity index (χ1) is 18.2. The molecule has 0 aliphatic heterocycles. The Balaban J connectivity index is 1.25. The summed E-state index contributed by atoms with van der Waals surface area (Å²) >= 11 is 1.67. The Kier molecular flexibility index (Phi) is 7.43. The van der Waals surface area contributed by atoms with Gasteiger partial charge in [0, 0.05) is 35.5 Å². The topological polar surface area (TPSA) is 84.0 Å². The number of thiazole rings is 1. The summed E-state index contributed by atoms with van der Waals surface area (Å²) in [5.74, 6) is -0.639. The van der Waals surface area contributed by atoms with E-state index in [1.54, 1.807) is 23.5 Å². The summed E-state index contributed by atoms with van der Waals surface area (Å²) in [6, 6.07) is 31.8. The average molecular weight is 505 g/mol. The molecule has 2 heterocycles. The monoisotopic (exact) mass is 504 g/mol. The first kappa shape index (κ1) is 24.1. The van der Waals surface area contributed by atoms with Crippen LogP contribution in [0.4, 0.5) is 0 Å². The van der Waals surface area contributed by atoms with Crippen molar-refractivity contribution in [3.63, 3.8) is 0 Å². The number of hydrogen-bond donors (Lipinski definition) is 2. The molecule has 37 heavy (non-hydrogen) atoms. The van der Waals surface area contributed by atoms with Gasteiger partial charge in [-0.25, -0.2) is 4.98 Å². The first-order valence-electron chi connectivity index (χ1n) is 11.9. The van der Waals surface area contributed by atoms with Crippen LogP contribution >= 0.6 is 11.3 Å². The molecule has 0 saturated carbocycles. The molecule has 2 N–H and O–H groups in total. The molecule has 0 bridgehead atoms. The van der Waals surface area contributed by atoms with Gasteiger partial charge in [-0.05, 0) is 29.7 Å². The van der Waals surface area contributed by atoms with Gasteiger partial charge in [0.25, 0.3) is 5.91 Å². The van der Waals surface area contributed by atoms with E-state index in [1.165, 1.54) is 12.4 Å². The molecule has 3 aromatic carbocycles. The molecule has 182 valence electrons. The van der Waals surface area contributed by atoms with Crippen molar-refractivity contribution in [2.45, 2.75) is 12.8 Å². The molecule has 5 aromatic rings. The highest BCUT2D eigenvalue weighted by Gasteiger charge is 2.16. The number of hydrogen-bond acceptors (Lipinski definition) is 5. The van der Waals surface area contributed by atoms with Gasteiger partial charge in [0.15, 0.2) is 0 Å². The number of aromatic nitrogens is 2. The number of benzene rings is 3. The molecule has 0 radical (unpaired) electrons. The standard InChI is InChI=1S/C30H24N4O2S/c35-26(33-34-29(36)24-17-19-31-20-18-24)16-13-21-11-14-25(15-12-21)30-32-27(22-7-3-1-4-8-22)28(37-30)23-9-5-2-6-10-23/h1-12,14-15,17-20H,13,16H2,(H,33,35)(H,34,36). The second kappa shape index (κ2) is 11.4. The third-order valence-corrected chi connectivity index (χ3v) is 6.96. The van der Waals surface area contributed by atoms with Gasteiger partial charge >= 0.3 is 0 Å².